The van der Waals surface area contributed by atoms with Gasteiger partial charge >= 0.3 is 6.03 Å². The number of halogens is 2. The van der Waals surface area contributed by atoms with Crippen molar-refractivity contribution in [2.45, 2.75) is 36.0 Å². The number of hydrogen-bond acceptors (Lipinski definition) is 6. The van der Waals surface area contributed by atoms with Crippen LogP contribution in [0.5, 0.6) is 5.88 Å². The molecule has 32 heavy (non-hydrogen) atoms. The van der Waals surface area contributed by atoms with E-state index in [0.29, 0.717) is 41.3 Å². The third-order valence-electron chi connectivity index (χ3n) is 5.30. The molecule has 0 saturated carbocycles. The normalized spacial score (nSPS) is 15.8. The maximum Gasteiger partial charge on any atom is 0.332 e. The SMILES string of the molecule is COc1cc(-c2cc(F)cc(C(C)C)c2NC(=O)NS(=O)(=O)C2CN(C(C)I)C2)ccn1. The molecule has 8 nitrogen and oxygen atoms in total. The molecule has 11 heteroatoms. The quantitative estimate of drug-likeness (QED) is 0.295. The van der Waals surface area contributed by atoms with Crippen LogP contribution in [0, 0.1) is 5.82 Å². The molecule has 1 fully saturated rings. The zero-order valence-electron chi connectivity index (χ0n) is 18.2. The molecule has 1 aliphatic rings. The molecular weight excluding hydrogens is 550 g/mol. The number of nitrogens with one attached hydrogen (secondary N) is 2. The van der Waals surface area contributed by atoms with Crippen molar-refractivity contribution in [2.75, 3.05) is 25.5 Å². The lowest BCUT2D eigenvalue weighted by Gasteiger charge is -2.40. The number of carbonyl (C=O) groups is 1. The van der Waals surface area contributed by atoms with Crippen LogP contribution >= 0.6 is 22.6 Å². The zero-order chi connectivity index (χ0) is 23.6. The summed E-state index contributed by atoms with van der Waals surface area (Å²) in [6.07, 6.45) is 1.51. The Hall–Kier alpha value is -1.99. The van der Waals surface area contributed by atoms with Gasteiger partial charge in [-0.2, -0.15) is 0 Å². The van der Waals surface area contributed by atoms with Crippen molar-refractivity contribution in [3.63, 3.8) is 0 Å². The molecule has 1 saturated heterocycles. The number of sulfonamides is 1. The Labute approximate surface area is 201 Å². The van der Waals surface area contributed by atoms with Gasteiger partial charge in [-0.1, -0.05) is 36.4 Å². The molecule has 1 aliphatic heterocycles. The fraction of sp³-hybridized carbons (Fsp3) is 0.429. The number of aromatic nitrogens is 1. The van der Waals surface area contributed by atoms with E-state index in [9.17, 15) is 17.6 Å². The van der Waals surface area contributed by atoms with Crippen molar-refractivity contribution in [1.82, 2.24) is 14.6 Å². The first-order valence-corrected chi connectivity index (χ1v) is 12.9. The maximum absolute atomic E-state index is 14.4. The van der Waals surface area contributed by atoms with Crippen LogP contribution in [0.2, 0.25) is 0 Å². The molecule has 1 atom stereocenters. The number of alkyl halides is 1. The molecular formula is C21H26FIN4O4S. The average Bonchev–Trinajstić information content (AvgIpc) is 2.66. The summed E-state index contributed by atoms with van der Waals surface area (Å²) >= 11 is 2.21. The lowest BCUT2D eigenvalue weighted by atomic mass is 9.94. The van der Waals surface area contributed by atoms with Gasteiger partial charge < -0.3 is 10.1 Å². The van der Waals surface area contributed by atoms with E-state index in [1.165, 1.54) is 25.4 Å². The van der Waals surface area contributed by atoms with E-state index in [1.807, 2.05) is 25.7 Å². The van der Waals surface area contributed by atoms with Gasteiger partial charge in [0.15, 0.2) is 0 Å². The molecule has 1 aromatic carbocycles. The summed E-state index contributed by atoms with van der Waals surface area (Å²) < 4.78 is 47.1. The van der Waals surface area contributed by atoms with Crippen LogP contribution in [0.15, 0.2) is 30.5 Å². The summed E-state index contributed by atoms with van der Waals surface area (Å²) in [5.74, 6) is -0.277. The van der Waals surface area contributed by atoms with Crippen molar-refractivity contribution in [1.29, 1.82) is 0 Å². The van der Waals surface area contributed by atoms with E-state index in [2.05, 4.69) is 37.6 Å². The highest BCUT2D eigenvalue weighted by Gasteiger charge is 2.39. The number of rotatable bonds is 7. The Bertz CT molecular complexity index is 1100. The lowest BCUT2D eigenvalue weighted by molar-refractivity contribution is 0.185. The third-order valence-corrected chi connectivity index (χ3v) is 7.74. The third kappa shape index (κ3) is 5.49. The van der Waals surface area contributed by atoms with Crippen LogP contribution in [-0.4, -0.2) is 53.8 Å². The predicted octanol–water partition coefficient (Wildman–Crippen LogP) is 3.94. The van der Waals surface area contributed by atoms with E-state index in [-0.39, 0.29) is 9.97 Å². The number of hydrogen-bond donors (Lipinski definition) is 2. The minimum absolute atomic E-state index is 0.134. The Morgan fingerprint density at radius 1 is 1.28 bits per heavy atom. The van der Waals surface area contributed by atoms with Gasteiger partial charge in [0.1, 0.15) is 11.1 Å². The largest absolute Gasteiger partial charge is 0.481 e. The molecule has 0 spiro atoms. The van der Waals surface area contributed by atoms with Gasteiger partial charge in [0.2, 0.25) is 15.9 Å². The molecule has 1 aromatic heterocycles. The molecule has 0 aliphatic carbocycles. The first kappa shape index (κ1) is 24.6. The van der Waals surface area contributed by atoms with Gasteiger partial charge in [0.25, 0.3) is 0 Å². The molecule has 1 unspecified atom stereocenters. The number of benzene rings is 1. The Morgan fingerprint density at radius 3 is 2.56 bits per heavy atom. The fourth-order valence-corrected chi connectivity index (χ4v) is 5.15. The number of urea groups is 1. The van der Waals surface area contributed by atoms with Crippen LogP contribution in [-0.2, 0) is 10.0 Å². The topological polar surface area (TPSA) is 101 Å². The van der Waals surface area contributed by atoms with E-state index in [0.717, 1.165) is 0 Å². The van der Waals surface area contributed by atoms with Gasteiger partial charge in [-0.05, 0) is 42.2 Å². The van der Waals surface area contributed by atoms with Crippen LogP contribution < -0.4 is 14.8 Å². The molecule has 2 N–H and O–H groups in total. The molecule has 2 amide bonds. The summed E-state index contributed by atoms with van der Waals surface area (Å²) in [4.78, 5) is 18.8. The lowest BCUT2D eigenvalue weighted by Crippen LogP contribution is -2.59. The number of methoxy groups -OCH3 is 1. The minimum atomic E-state index is -3.85. The average molecular weight is 576 g/mol. The first-order chi connectivity index (χ1) is 15.0. The van der Waals surface area contributed by atoms with Crippen molar-refractivity contribution in [2.24, 2.45) is 0 Å². The molecule has 3 rings (SSSR count). The fourth-order valence-electron chi connectivity index (χ4n) is 3.45. The highest BCUT2D eigenvalue weighted by atomic mass is 127. The van der Waals surface area contributed by atoms with Crippen LogP contribution in [0.3, 0.4) is 0 Å². The van der Waals surface area contributed by atoms with E-state index in [4.69, 9.17) is 4.74 Å². The second-order valence-electron chi connectivity index (χ2n) is 7.91. The Kier molecular flexibility index (Phi) is 7.61. The number of carbonyl (C=O) groups excluding carboxylic acids is 1. The summed E-state index contributed by atoms with van der Waals surface area (Å²) in [5.41, 5.74) is 1.84. The summed E-state index contributed by atoms with van der Waals surface area (Å²) in [7, 11) is -2.38. The number of nitrogens with zero attached hydrogens (tertiary/aromatic N) is 2. The number of ether oxygens (including phenoxy) is 1. The van der Waals surface area contributed by atoms with Crippen LogP contribution in [0.25, 0.3) is 11.1 Å². The van der Waals surface area contributed by atoms with Crippen molar-refractivity contribution in [3.8, 4) is 17.0 Å². The number of amides is 2. The van der Waals surface area contributed by atoms with Crippen LogP contribution in [0.1, 0.15) is 32.3 Å². The second kappa shape index (κ2) is 9.87. The van der Waals surface area contributed by atoms with Gasteiger partial charge in [0.05, 0.1) is 16.8 Å². The predicted molar refractivity (Wildman–Crippen MR) is 130 cm³/mol. The Morgan fingerprint density at radius 2 is 1.97 bits per heavy atom. The van der Waals surface area contributed by atoms with E-state index >= 15 is 0 Å². The molecule has 174 valence electrons. The van der Waals surface area contributed by atoms with E-state index < -0.39 is 27.1 Å². The molecule has 0 radical (unpaired) electrons. The van der Waals surface area contributed by atoms with Gasteiger partial charge in [-0.3, -0.25) is 4.90 Å². The minimum Gasteiger partial charge on any atom is -0.481 e. The number of anilines is 1. The van der Waals surface area contributed by atoms with Crippen molar-refractivity contribution >= 4 is 44.3 Å². The zero-order valence-corrected chi connectivity index (χ0v) is 21.2. The Balaban J connectivity index is 1.90. The second-order valence-corrected chi connectivity index (χ2v) is 11.7. The smallest absolute Gasteiger partial charge is 0.332 e. The van der Waals surface area contributed by atoms with Crippen molar-refractivity contribution in [3.05, 3.63) is 41.8 Å². The number of pyridine rings is 1. The van der Waals surface area contributed by atoms with Gasteiger partial charge in [0, 0.05) is 30.9 Å². The van der Waals surface area contributed by atoms with E-state index in [1.54, 1.807) is 12.1 Å². The monoisotopic (exact) mass is 576 g/mol. The molecule has 2 aromatic rings. The summed E-state index contributed by atoms with van der Waals surface area (Å²) in [6, 6.07) is 5.02. The first-order valence-electron chi connectivity index (χ1n) is 10.1. The molecule has 0 bridgehead atoms. The van der Waals surface area contributed by atoms with Crippen LogP contribution in [0.4, 0.5) is 14.9 Å². The summed E-state index contributed by atoms with van der Waals surface area (Å²) in [6.45, 7) is 6.42. The number of likely N-dealkylation sites (tertiary alicyclic amines) is 1. The standard InChI is InChI=1S/C21H26FIN4O4S/c1-12(2)17-8-15(22)9-18(14-5-6-24-19(7-14)31-4)20(17)25-21(28)26-32(29,30)16-10-27(11-16)13(3)23/h5-9,12-13,16H,10-11H2,1-4H3,(H2,25,26,28). The maximum atomic E-state index is 14.4. The van der Waals surface area contributed by atoms with Crippen molar-refractivity contribution < 1.29 is 22.3 Å². The molecule has 2 heterocycles. The highest BCUT2D eigenvalue weighted by Crippen LogP contribution is 2.36. The highest BCUT2D eigenvalue weighted by molar-refractivity contribution is 14.1. The van der Waals surface area contributed by atoms with Gasteiger partial charge in [-0.15, -0.1) is 0 Å². The van der Waals surface area contributed by atoms with Gasteiger partial charge in [-0.25, -0.2) is 27.3 Å². The summed E-state index contributed by atoms with van der Waals surface area (Å²) in [5, 5.41) is 1.98.